The number of nitrogens with zero attached hydrogens (tertiary/aromatic N) is 4. The molecule has 1 aliphatic carbocycles. The number of nitrogens with one attached hydrogen (secondary N) is 1. The van der Waals surface area contributed by atoms with Crippen LogP contribution in [-0.4, -0.2) is 49.7 Å². The average molecular weight is 491 g/mol. The first-order valence-electron chi connectivity index (χ1n) is 11.3. The number of anilines is 1. The van der Waals surface area contributed by atoms with Gasteiger partial charge in [0.15, 0.2) is 17.6 Å². The summed E-state index contributed by atoms with van der Waals surface area (Å²) in [6.45, 7) is 10.5. The molecule has 0 saturated heterocycles. The highest BCUT2D eigenvalue weighted by atomic mass is 31.1. The summed E-state index contributed by atoms with van der Waals surface area (Å²) in [5.41, 5.74) is -0.244. The quantitative estimate of drug-likeness (QED) is 0.238. The lowest BCUT2D eigenvalue weighted by atomic mass is 9.97. The Bertz CT molecular complexity index is 1070. The van der Waals surface area contributed by atoms with Crippen LogP contribution in [0.2, 0.25) is 0 Å². The molecule has 0 amide bonds. The summed E-state index contributed by atoms with van der Waals surface area (Å²) in [5, 5.41) is 3.35. The van der Waals surface area contributed by atoms with Crippen molar-refractivity contribution >= 4 is 36.7 Å². The van der Waals surface area contributed by atoms with Crippen LogP contribution in [0.4, 0.5) is 5.82 Å². The lowest BCUT2D eigenvalue weighted by molar-refractivity contribution is -0.184. The van der Waals surface area contributed by atoms with Gasteiger partial charge >= 0.3 is 25.8 Å². The van der Waals surface area contributed by atoms with Gasteiger partial charge < -0.3 is 19.4 Å². The van der Waals surface area contributed by atoms with Gasteiger partial charge in [0.2, 0.25) is 0 Å². The zero-order chi connectivity index (χ0) is 25.1. The minimum absolute atomic E-state index is 0.0744. The third-order valence-corrected chi connectivity index (χ3v) is 6.20. The first-order chi connectivity index (χ1) is 15.9. The predicted octanol–water partition coefficient (Wildman–Crippen LogP) is 4.25. The molecule has 0 spiro atoms. The Morgan fingerprint density at radius 3 is 2.26 bits per heavy atom. The molecule has 1 unspecified atom stereocenters. The van der Waals surface area contributed by atoms with Crippen LogP contribution in [0, 0.1) is 10.8 Å². The fourth-order valence-corrected chi connectivity index (χ4v) is 3.63. The van der Waals surface area contributed by atoms with E-state index in [1.807, 2.05) is 10.6 Å². The van der Waals surface area contributed by atoms with Crippen LogP contribution in [0.5, 0.6) is 0 Å². The number of aromatic nitrogens is 4. The Morgan fingerprint density at radius 2 is 1.71 bits per heavy atom. The van der Waals surface area contributed by atoms with E-state index < -0.39 is 36.6 Å². The summed E-state index contributed by atoms with van der Waals surface area (Å²) >= 11 is 0. The number of carbonyl (C=O) groups is 2. The van der Waals surface area contributed by atoms with Gasteiger partial charge in [0.1, 0.15) is 11.8 Å². The van der Waals surface area contributed by atoms with Crippen LogP contribution in [0.15, 0.2) is 24.8 Å². The molecule has 0 radical (unpaired) electrons. The highest BCUT2D eigenvalue weighted by Crippen LogP contribution is 2.34. The lowest BCUT2D eigenvalue weighted by Gasteiger charge is -2.21. The molecule has 1 N–H and O–H groups in total. The monoisotopic (exact) mass is 490 g/mol. The van der Waals surface area contributed by atoms with Crippen LogP contribution >= 0.6 is 7.80 Å². The first kappa shape index (κ1) is 25.7. The van der Waals surface area contributed by atoms with Gasteiger partial charge in [0.25, 0.3) is 0 Å². The number of hydrogen-bond acceptors (Lipinski definition) is 9. The second-order valence-electron chi connectivity index (χ2n) is 10.4. The van der Waals surface area contributed by atoms with E-state index in [4.69, 9.17) is 9.47 Å². The zero-order valence-corrected chi connectivity index (χ0v) is 21.5. The SMILES string of the molecule is CC(C)(C)C(=O)OC(OC(=O)C(C)(C)C)[P+](=O)CC=CCn1cnc2c(NC3CC3)ncnc21. The van der Waals surface area contributed by atoms with E-state index in [9.17, 15) is 14.2 Å². The molecule has 1 saturated carbocycles. The Hall–Kier alpha value is -2.87. The van der Waals surface area contributed by atoms with E-state index in [1.165, 1.54) is 6.33 Å². The molecular formula is C23H33N5O5P+. The van der Waals surface area contributed by atoms with Gasteiger partial charge in [-0.15, -0.1) is 0 Å². The van der Waals surface area contributed by atoms with Crippen molar-refractivity contribution in [1.29, 1.82) is 0 Å². The van der Waals surface area contributed by atoms with E-state index >= 15 is 0 Å². The van der Waals surface area contributed by atoms with E-state index in [2.05, 4.69) is 20.3 Å². The van der Waals surface area contributed by atoms with Gasteiger partial charge in [-0.05, 0) is 60.5 Å². The van der Waals surface area contributed by atoms with E-state index in [0.717, 1.165) is 18.7 Å². The maximum absolute atomic E-state index is 12.9. The summed E-state index contributed by atoms with van der Waals surface area (Å²) in [6.07, 6.45) is 9.04. The highest BCUT2D eigenvalue weighted by molar-refractivity contribution is 7.45. The van der Waals surface area contributed by atoms with Crippen molar-refractivity contribution in [2.45, 2.75) is 73.0 Å². The molecule has 1 atom stereocenters. The van der Waals surface area contributed by atoms with E-state index in [0.29, 0.717) is 23.8 Å². The van der Waals surface area contributed by atoms with Gasteiger partial charge in [-0.25, -0.2) is 15.0 Å². The van der Waals surface area contributed by atoms with Gasteiger partial charge in [-0.1, -0.05) is 10.6 Å². The number of esters is 2. The van der Waals surface area contributed by atoms with Crippen molar-refractivity contribution in [3.8, 4) is 0 Å². The molecule has 1 fully saturated rings. The Balaban J connectivity index is 1.64. The zero-order valence-electron chi connectivity index (χ0n) is 20.6. The van der Waals surface area contributed by atoms with Crippen LogP contribution in [0.1, 0.15) is 54.4 Å². The fourth-order valence-electron chi connectivity index (χ4n) is 2.67. The van der Waals surface area contributed by atoms with Crippen molar-refractivity contribution < 1.29 is 23.6 Å². The number of allylic oxidation sites excluding steroid dienone is 2. The Kier molecular flexibility index (Phi) is 7.70. The molecule has 34 heavy (non-hydrogen) atoms. The number of imidazole rings is 1. The molecule has 10 nitrogen and oxygen atoms in total. The summed E-state index contributed by atoms with van der Waals surface area (Å²) in [6, 6.07) is -0.997. The van der Waals surface area contributed by atoms with Crippen molar-refractivity contribution in [3.63, 3.8) is 0 Å². The van der Waals surface area contributed by atoms with Crippen molar-refractivity contribution in [3.05, 3.63) is 24.8 Å². The summed E-state index contributed by atoms with van der Waals surface area (Å²) < 4.78 is 25.4. The minimum Gasteiger partial charge on any atom is -0.384 e. The lowest BCUT2D eigenvalue weighted by Crippen LogP contribution is -2.33. The summed E-state index contributed by atoms with van der Waals surface area (Å²) in [7, 11) is -2.20. The molecule has 2 aromatic rings. The molecule has 2 aromatic heterocycles. The summed E-state index contributed by atoms with van der Waals surface area (Å²) in [5.74, 6) is -0.457. The van der Waals surface area contributed by atoms with Crippen molar-refractivity contribution in [2.75, 3.05) is 11.5 Å². The molecule has 2 heterocycles. The highest BCUT2D eigenvalue weighted by Gasteiger charge is 2.41. The van der Waals surface area contributed by atoms with Crippen LogP contribution in [0.25, 0.3) is 11.2 Å². The minimum atomic E-state index is -2.20. The normalized spacial score (nSPS) is 15.1. The molecule has 11 heteroatoms. The second kappa shape index (κ2) is 10.2. The summed E-state index contributed by atoms with van der Waals surface area (Å²) in [4.78, 5) is 37.7. The maximum Gasteiger partial charge on any atom is 0.451 e. The molecule has 0 aliphatic heterocycles. The number of rotatable bonds is 9. The molecule has 3 rings (SSSR count). The van der Waals surface area contributed by atoms with E-state index in [1.54, 1.807) is 53.9 Å². The van der Waals surface area contributed by atoms with Gasteiger partial charge in [0, 0.05) is 12.6 Å². The smallest absolute Gasteiger partial charge is 0.384 e. The van der Waals surface area contributed by atoms with Gasteiger partial charge in [0.05, 0.1) is 17.2 Å². The molecular weight excluding hydrogens is 457 g/mol. The van der Waals surface area contributed by atoms with Crippen LogP contribution < -0.4 is 5.32 Å². The maximum atomic E-state index is 12.9. The molecule has 1 aliphatic rings. The average Bonchev–Trinajstić information content (AvgIpc) is 3.46. The molecule has 0 bridgehead atoms. The number of hydrogen-bond donors (Lipinski definition) is 1. The number of carbonyl (C=O) groups excluding carboxylic acids is 2. The number of fused-ring (bicyclic) bond motifs is 1. The topological polar surface area (TPSA) is 125 Å². The Morgan fingerprint density at radius 1 is 1.09 bits per heavy atom. The van der Waals surface area contributed by atoms with Gasteiger partial charge in [-0.3, -0.25) is 9.59 Å². The van der Waals surface area contributed by atoms with Crippen molar-refractivity contribution in [1.82, 2.24) is 19.5 Å². The third kappa shape index (κ3) is 6.82. The van der Waals surface area contributed by atoms with Crippen molar-refractivity contribution in [2.24, 2.45) is 10.8 Å². The second-order valence-corrected chi connectivity index (χ2v) is 12.0. The van der Waals surface area contributed by atoms with Crippen LogP contribution in [0.3, 0.4) is 0 Å². The first-order valence-corrected chi connectivity index (χ1v) is 12.8. The third-order valence-electron chi connectivity index (χ3n) is 4.95. The van der Waals surface area contributed by atoms with E-state index in [-0.39, 0.29) is 6.16 Å². The predicted molar refractivity (Wildman–Crippen MR) is 128 cm³/mol. The fraction of sp³-hybridized carbons (Fsp3) is 0.609. The Labute approximate surface area is 200 Å². The van der Waals surface area contributed by atoms with Crippen LogP contribution in [-0.2, 0) is 30.2 Å². The van der Waals surface area contributed by atoms with Gasteiger partial charge in [-0.2, -0.15) is 0 Å². The number of ether oxygens (including phenoxy) is 2. The largest absolute Gasteiger partial charge is 0.451 e. The molecule has 0 aromatic carbocycles. The molecule has 184 valence electrons. The standard InChI is InChI=1S/C23H33N5O5P/c1-22(2,3)19(29)32-21(33-20(30)23(4,5)6)34(31)12-8-7-11-28-14-26-16-17(27-15-9-10-15)24-13-25-18(16)28/h7-8,13-15,21H,9-12H2,1-6H3,(H,24,25,27)/q+1.